The zero-order chi connectivity index (χ0) is 17.3. The Hall–Kier alpha value is -3.36. The monoisotopic (exact) mass is 334 g/mol. The van der Waals surface area contributed by atoms with Gasteiger partial charge in [0.25, 0.3) is 0 Å². The Labute approximate surface area is 132 Å². The summed E-state index contributed by atoms with van der Waals surface area (Å²) < 4.78 is 39.4. The zero-order valence-corrected chi connectivity index (χ0v) is 11.9. The van der Waals surface area contributed by atoms with Crippen molar-refractivity contribution in [3.63, 3.8) is 0 Å². The number of aromatic amines is 1. The van der Waals surface area contributed by atoms with Crippen molar-refractivity contribution >= 4 is 34.1 Å². The molecule has 122 valence electrons. The van der Waals surface area contributed by atoms with Gasteiger partial charge >= 0.3 is 11.8 Å². The minimum absolute atomic E-state index is 0.303. The van der Waals surface area contributed by atoms with Crippen LogP contribution in [0.1, 0.15) is 0 Å². The molecule has 0 saturated carbocycles. The molecule has 0 aliphatic rings. The van der Waals surface area contributed by atoms with Crippen LogP contribution >= 0.6 is 0 Å². The lowest BCUT2D eigenvalue weighted by Crippen LogP contribution is -2.29. The van der Waals surface area contributed by atoms with Gasteiger partial charge in [0, 0.05) is 11.1 Å². The van der Waals surface area contributed by atoms with Gasteiger partial charge in [-0.1, -0.05) is 0 Å². The molecule has 2 amide bonds. The lowest BCUT2D eigenvalue weighted by Gasteiger charge is -2.08. The minimum atomic E-state index is -1.74. The quantitative estimate of drug-likeness (QED) is 0.497. The van der Waals surface area contributed by atoms with Gasteiger partial charge < -0.3 is 10.6 Å². The molecule has 24 heavy (non-hydrogen) atoms. The summed E-state index contributed by atoms with van der Waals surface area (Å²) in [6.07, 6.45) is 1.58. The Bertz CT molecular complexity index is 955. The molecule has 0 fully saturated rings. The highest BCUT2D eigenvalue weighted by Crippen LogP contribution is 2.20. The van der Waals surface area contributed by atoms with Crippen molar-refractivity contribution in [3.05, 3.63) is 54.0 Å². The minimum Gasteiger partial charge on any atom is -0.318 e. The number of nitrogens with one attached hydrogen (secondary N) is 3. The average Bonchev–Trinajstić information content (AvgIpc) is 3.03. The van der Waals surface area contributed by atoms with Crippen LogP contribution in [-0.4, -0.2) is 22.0 Å². The molecule has 3 aromatic rings. The van der Waals surface area contributed by atoms with Crippen molar-refractivity contribution < 1.29 is 22.8 Å². The number of anilines is 2. The first-order chi connectivity index (χ1) is 11.5. The maximum Gasteiger partial charge on any atom is 0.314 e. The Morgan fingerprint density at radius 1 is 0.958 bits per heavy atom. The highest BCUT2D eigenvalue weighted by atomic mass is 19.2. The molecule has 1 aromatic heterocycles. The van der Waals surface area contributed by atoms with Gasteiger partial charge in [0.15, 0.2) is 17.5 Å². The molecule has 0 unspecified atom stereocenters. The normalized spacial score (nSPS) is 10.6. The molecule has 2 aromatic carbocycles. The average molecular weight is 334 g/mol. The van der Waals surface area contributed by atoms with E-state index in [-0.39, 0.29) is 0 Å². The van der Waals surface area contributed by atoms with E-state index in [9.17, 15) is 22.8 Å². The van der Waals surface area contributed by atoms with Crippen molar-refractivity contribution in [2.75, 3.05) is 10.6 Å². The molecule has 0 radical (unpaired) electrons. The van der Waals surface area contributed by atoms with Crippen LogP contribution < -0.4 is 10.6 Å². The fraction of sp³-hybridized carbons (Fsp3) is 0. The van der Waals surface area contributed by atoms with Crippen LogP contribution in [0.25, 0.3) is 10.9 Å². The SMILES string of the molecule is O=C(Nc1ccc2cn[nH]c2c1)C(=O)Nc1ccc(F)c(F)c1F. The Kier molecular flexibility index (Phi) is 3.90. The second-order valence-electron chi connectivity index (χ2n) is 4.80. The Balaban J connectivity index is 1.73. The first-order valence-corrected chi connectivity index (χ1v) is 6.64. The maximum absolute atomic E-state index is 13.5. The summed E-state index contributed by atoms with van der Waals surface area (Å²) in [7, 11) is 0. The molecule has 0 spiro atoms. The van der Waals surface area contributed by atoms with E-state index in [1.54, 1.807) is 24.4 Å². The zero-order valence-electron chi connectivity index (χ0n) is 11.9. The van der Waals surface area contributed by atoms with Crippen LogP contribution in [0, 0.1) is 17.5 Å². The molecule has 0 atom stereocenters. The summed E-state index contributed by atoms with van der Waals surface area (Å²) >= 11 is 0. The van der Waals surface area contributed by atoms with Gasteiger partial charge in [0.05, 0.1) is 17.4 Å². The topological polar surface area (TPSA) is 86.9 Å². The molecular weight excluding hydrogens is 325 g/mol. The molecule has 1 heterocycles. The number of halogens is 3. The number of H-pyrrole nitrogens is 1. The van der Waals surface area contributed by atoms with Gasteiger partial charge in [-0.25, -0.2) is 13.2 Å². The molecule has 6 nitrogen and oxygen atoms in total. The smallest absolute Gasteiger partial charge is 0.314 e. The van der Waals surface area contributed by atoms with Crippen molar-refractivity contribution in [2.45, 2.75) is 0 Å². The number of carbonyl (C=O) groups excluding carboxylic acids is 2. The molecule has 9 heteroatoms. The van der Waals surface area contributed by atoms with Gasteiger partial charge in [0.2, 0.25) is 0 Å². The van der Waals surface area contributed by atoms with Gasteiger partial charge in [-0.2, -0.15) is 5.10 Å². The van der Waals surface area contributed by atoms with Crippen molar-refractivity contribution in [3.8, 4) is 0 Å². The fourth-order valence-corrected chi connectivity index (χ4v) is 2.00. The van der Waals surface area contributed by atoms with Crippen molar-refractivity contribution in [2.24, 2.45) is 0 Å². The Morgan fingerprint density at radius 3 is 2.50 bits per heavy atom. The lowest BCUT2D eigenvalue weighted by molar-refractivity contribution is -0.133. The lowest BCUT2D eigenvalue weighted by atomic mass is 10.2. The molecular formula is C15H9F3N4O2. The van der Waals surface area contributed by atoms with Crippen LogP contribution in [0.15, 0.2) is 36.5 Å². The van der Waals surface area contributed by atoms with E-state index in [1.165, 1.54) is 0 Å². The molecule has 0 bridgehead atoms. The van der Waals surface area contributed by atoms with Crippen LogP contribution in [-0.2, 0) is 9.59 Å². The fourth-order valence-electron chi connectivity index (χ4n) is 2.00. The summed E-state index contributed by atoms with van der Waals surface area (Å²) in [5.41, 5.74) is 0.301. The number of nitrogens with zero attached hydrogens (tertiary/aromatic N) is 1. The van der Waals surface area contributed by atoms with Gasteiger partial charge in [-0.15, -0.1) is 0 Å². The number of hydrogen-bond acceptors (Lipinski definition) is 3. The third-order valence-corrected chi connectivity index (χ3v) is 3.19. The third-order valence-electron chi connectivity index (χ3n) is 3.19. The second kappa shape index (κ2) is 6.03. The van der Waals surface area contributed by atoms with E-state index in [0.29, 0.717) is 17.3 Å². The van der Waals surface area contributed by atoms with Crippen LogP contribution in [0.3, 0.4) is 0 Å². The first-order valence-electron chi connectivity index (χ1n) is 6.64. The van der Waals surface area contributed by atoms with Gasteiger partial charge in [-0.3, -0.25) is 14.7 Å². The summed E-state index contributed by atoms with van der Waals surface area (Å²) in [4.78, 5) is 23.6. The maximum atomic E-state index is 13.5. The van der Waals surface area contributed by atoms with E-state index in [1.807, 2.05) is 5.32 Å². The van der Waals surface area contributed by atoms with Gasteiger partial charge in [-0.05, 0) is 30.3 Å². The van der Waals surface area contributed by atoms with Crippen molar-refractivity contribution in [1.29, 1.82) is 0 Å². The largest absolute Gasteiger partial charge is 0.318 e. The first kappa shape index (κ1) is 15.5. The van der Waals surface area contributed by atoms with E-state index in [2.05, 4.69) is 15.5 Å². The highest BCUT2D eigenvalue weighted by molar-refractivity contribution is 6.43. The predicted octanol–water partition coefficient (Wildman–Crippen LogP) is 2.56. The molecule has 3 N–H and O–H groups in total. The number of amides is 2. The molecule has 0 aliphatic heterocycles. The van der Waals surface area contributed by atoms with Crippen molar-refractivity contribution in [1.82, 2.24) is 10.2 Å². The number of aromatic nitrogens is 2. The molecule has 3 rings (SSSR count). The van der Waals surface area contributed by atoms with Crippen LogP contribution in [0.4, 0.5) is 24.5 Å². The summed E-state index contributed by atoms with van der Waals surface area (Å²) in [6.45, 7) is 0. The summed E-state index contributed by atoms with van der Waals surface area (Å²) in [5.74, 6) is -7.06. The number of hydrogen-bond donors (Lipinski definition) is 3. The number of rotatable bonds is 2. The predicted molar refractivity (Wildman–Crippen MR) is 79.7 cm³/mol. The Morgan fingerprint density at radius 2 is 1.71 bits per heavy atom. The second-order valence-corrected chi connectivity index (χ2v) is 4.80. The van der Waals surface area contributed by atoms with E-state index >= 15 is 0 Å². The van der Waals surface area contributed by atoms with E-state index in [4.69, 9.17) is 0 Å². The molecule has 0 aliphatic carbocycles. The molecule has 0 saturated heterocycles. The van der Waals surface area contributed by atoms with Crippen LogP contribution in [0.5, 0.6) is 0 Å². The van der Waals surface area contributed by atoms with Gasteiger partial charge in [0.1, 0.15) is 0 Å². The number of benzene rings is 2. The van der Waals surface area contributed by atoms with Crippen LogP contribution in [0.2, 0.25) is 0 Å². The van der Waals surface area contributed by atoms with E-state index < -0.39 is 35.0 Å². The third kappa shape index (κ3) is 2.91. The van der Waals surface area contributed by atoms with E-state index in [0.717, 1.165) is 11.5 Å². The standard InChI is InChI=1S/C15H9F3N4O2/c16-9-3-4-10(13(18)12(9)17)21-15(24)14(23)20-8-2-1-7-6-19-22-11(7)5-8/h1-6H,(H,19,22)(H,20,23)(H,21,24). The number of fused-ring (bicyclic) bond motifs is 1. The highest BCUT2D eigenvalue weighted by Gasteiger charge is 2.19. The summed E-state index contributed by atoms with van der Waals surface area (Å²) in [6, 6.07) is 6.21. The summed E-state index contributed by atoms with van der Waals surface area (Å²) in [5, 5.41) is 11.5. The number of carbonyl (C=O) groups is 2.